The molecule has 7 nitrogen and oxygen atoms in total. The molecule has 3 unspecified atom stereocenters. The van der Waals surface area contributed by atoms with Crippen molar-refractivity contribution in [3.8, 4) is 17.2 Å². The van der Waals surface area contributed by atoms with Crippen molar-refractivity contribution in [2.24, 2.45) is 0 Å². The molecule has 6 rings (SSSR count). The van der Waals surface area contributed by atoms with Crippen LogP contribution in [0, 0.1) is 11.6 Å². The molecule has 11 heteroatoms. The highest BCUT2D eigenvalue weighted by atomic mass is 35.5. The van der Waals surface area contributed by atoms with E-state index in [2.05, 4.69) is 10.6 Å². The monoisotopic (exact) mass is 624 g/mol. The molecule has 0 bridgehead atoms. The van der Waals surface area contributed by atoms with E-state index in [-0.39, 0.29) is 41.5 Å². The van der Waals surface area contributed by atoms with E-state index in [9.17, 15) is 14.0 Å². The molecule has 0 aromatic heterocycles. The summed E-state index contributed by atoms with van der Waals surface area (Å²) in [5.41, 5.74) is -0.560. The maximum atomic E-state index is 15.5. The van der Waals surface area contributed by atoms with Gasteiger partial charge in [0.15, 0.2) is 0 Å². The van der Waals surface area contributed by atoms with Crippen molar-refractivity contribution >= 4 is 40.7 Å². The summed E-state index contributed by atoms with van der Waals surface area (Å²) in [4.78, 5) is 27.6. The van der Waals surface area contributed by atoms with Crippen LogP contribution in [0.5, 0.6) is 17.2 Å². The Balaban J connectivity index is 1.54. The van der Waals surface area contributed by atoms with Crippen molar-refractivity contribution in [1.82, 2.24) is 5.32 Å². The van der Waals surface area contributed by atoms with E-state index in [4.69, 9.17) is 37.8 Å². The molecule has 2 aliphatic heterocycles. The highest BCUT2D eigenvalue weighted by molar-refractivity contribution is 6.31. The minimum Gasteiger partial charge on any atom is -0.491 e. The quantitative estimate of drug-likeness (QED) is 0.213. The van der Waals surface area contributed by atoms with Crippen molar-refractivity contribution in [2.45, 2.75) is 23.8 Å². The van der Waals surface area contributed by atoms with Gasteiger partial charge < -0.3 is 25.2 Å². The third-order valence-electron chi connectivity index (χ3n) is 7.78. The zero-order valence-electron chi connectivity index (χ0n) is 22.4. The Morgan fingerprint density at radius 3 is 2.37 bits per heavy atom. The number of halogens is 4. The highest BCUT2D eigenvalue weighted by Gasteiger charge is 2.62. The molecule has 3 N–H and O–H groups in total. The summed E-state index contributed by atoms with van der Waals surface area (Å²) >= 11 is 12.5. The van der Waals surface area contributed by atoms with Gasteiger partial charge in [0.25, 0.3) is 0 Å². The third-order valence-corrected chi connectivity index (χ3v) is 8.25. The molecule has 1 spiro atoms. The van der Waals surface area contributed by atoms with Crippen LogP contribution >= 0.6 is 23.2 Å². The molecule has 2 aliphatic rings. The van der Waals surface area contributed by atoms with Crippen molar-refractivity contribution in [3.05, 3.63) is 117 Å². The molecule has 220 valence electrons. The van der Waals surface area contributed by atoms with E-state index in [1.807, 2.05) is 0 Å². The molecule has 2 amide bonds. The zero-order valence-corrected chi connectivity index (χ0v) is 23.9. The summed E-state index contributed by atoms with van der Waals surface area (Å²) in [5.74, 6) is -2.29. The molecule has 2 heterocycles. The van der Waals surface area contributed by atoms with Crippen LogP contribution in [0.15, 0.2) is 78.9 Å². The fourth-order valence-electron chi connectivity index (χ4n) is 6.03. The normalized spacial score (nSPS) is 20.9. The van der Waals surface area contributed by atoms with E-state index in [1.165, 1.54) is 36.4 Å². The van der Waals surface area contributed by atoms with Crippen LogP contribution in [0.4, 0.5) is 14.5 Å². The number of anilines is 1. The molecule has 4 aromatic carbocycles. The molecule has 1 saturated heterocycles. The van der Waals surface area contributed by atoms with E-state index >= 15 is 4.39 Å². The standard InChI is InChI=1S/C32H24Cl2F2N2O5/c33-17-2-9-26(36)22(13-17)25-16-29(40)38-30(32(25)24-8-1-18(34)14-27(24)37-31(32)41)23-15-19(35)3-10-28(23)43-21-6-4-20(5-7-21)42-12-11-39/h1-10,13-15,25,30,39H,11-12,16H2,(H,37,41)(H,38,40). The molecule has 4 aromatic rings. The summed E-state index contributed by atoms with van der Waals surface area (Å²) in [6.45, 7) is -0.0239. The summed E-state index contributed by atoms with van der Waals surface area (Å²) in [6.07, 6.45) is -0.246. The first-order valence-corrected chi connectivity index (χ1v) is 14.1. The number of ether oxygens (including phenoxy) is 2. The minimum atomic E-state index is -1.65. The first-order chi connectivity index (χ1) is 20.7. The summed E-state index contributed by atoms with van der Waals surface area (Å²) in [6, 6.07) is 17.9. The van der Waals surface area contributed by atoms with Crippen LogP contribution in [-0.4, -0.2) is 30.1 Å². The fourth-order valence-corrected chi connectivity index (χ4v) is 6.39. The second kappa shape index (κ2) is 11.5. The second-order valence-corrected chi connectivity index (χ2v) is 11.1. The number of carbonyl (C=O) groups is 2. The smallest absolute Gasteiger partial charge is 0.238 e. The zero-order chi connectivity index (χ0) is 30.3. The van der Waals surface area contributed by atoms with Gasteiger partial charge in [-0.15, -0.1) is 0 Å². The Hall–Kier alpha value is -4.18. The van der Waals surface area contributed by atoms with E-state index in [0.717, 1.165) is 0 Å². The number of rotatable bonds is 7. The first kappa shape index (κ1) is 28.9. The van der Waals surface area contributed by atoms with Crippen molar-refractivity contribution in [1.29, 1.82) is 0 Å². The van der Waals surface area contributed by atoms with Gasteiger partial charge >= 0.3 is 0 Å². The van der Waals surface area contributed by atoms with Crippen LogP contribution in [-0.2, 0) is 15.0 Å². The third kappa shape index (κ3) is 5.18. The second-order valence-electron chi connectivity index (χ2n) is 10.3. The Morgan fingerprint density at radius 1 is 0.884 bits per heavy atom. The number of piperidine rings is 1. The Morgan fingerprint density at radius 2 is 1.60 bits per heavy atom. The Kier molecular flexibility index (Phi) is 7.72. The molecule has 1 fully saturated rings. The number of hydrogen-bond donors (Lipinski definition) is 3. The van der Waals surface area contributed by atoms with Gasteiger partial charge in [-0.25, -0.2) is 8.78 Å². The van der Waals surface area contributed by atoms with Gasteiger partial charge in [0.1, 0.15) is 40.9 Å². The first-order valence-electron chi connectivity index (χ1n) is 13.4. The SMILES string of the molecule is O=C1CC(c2cc(Cl)ccc2F)C2(C(=O)Nc3cc(Cl)ccc32)C(c2cc(F)ccc2Oc2ccc(OCCO)cc2)N1. The number of amides is 2. The summed E-state index contributed by atoms with van der Waals surface area (Å²) in [7, 11) is 0. The number of aliphatic hydroxyl groups is 1. The van der Waals surface area contributed by atoms with Crippen LogP contribution < -0.4 is 20.1 Å². The minimum absolute atomic E-state index is 0.0719. The van der Waals surface area contributed by atoms with Crippen molar-refractivity contribution < 1.29 is 33.0 Å². The summed E-state index contributed by atoms with van der Waals surface area (Å²) in [5, 5.41) is 15.3. The number of benzene rings is 4. The number of fused-ring (bicyclic) bond motifs is 2. The predicted octanol–water partition coefficient (Wildman–Crippen LogP) is 6.67. The van der Waals surface area contributed by atoms with Crippen LogP contribution in [0.1, 0.15) is 35.1 Å². The Bertz CT molecular complexity index is 1740. The lowest BCUT2D eigenvalue weighted by atomic mass is 9.59. The lowest BCUT2D eigenvalue weighted by Crippen LogP contribution is -2.57. The molecule has 0 radical (unpaired) electrons. The highest BCUT2D eigenvalue weighted by Crippen LogP contribution is 2.59. The number of nitrogens with one attached hydrogen (secondary N) is 2. The predicted molar refractivity (Wildman–Crippen MR) is 157 cm³/mol. The maximum absolute atomic E-state index is 15.5. The van der Waals surface area contributed by atoms with Crippen molar-refractivity contribution in [2.75, 3.05) is 18.5 Å². The maximum Gasteiger partial charge on any atom is 0.238 e. The van der Waals surface area contributed by atoms with Gasteiger partial charge in [0.05, 0.1) is 12.6 Å². The van der Waals surface area contributed by atoms with Gasteiger partial charge in [-0.3, -0.25) is 9.59 Å². The van der Waals surface area contributed by atoms with Gasteiger partial charge in [0, 0.05) is 33.6 Å². The average molecular weight is 625 g/mol. The van der Waals surface area contributed by atoms with E-state index in [0.29, 0.717) is 27.8 Å². The van der Waals surface area contributed by atoms with Crippen LogP contribution in [0.3, 0.4) is 0 Å². The van der Waals surface area contributed by atoms with Gasteiger partial charge in [-0.1, -0.05) is 29.3 Å². The Labute approximate surface area is 255 Å². The lowest BCUT2D eigenvalue weighted by Gasteiger charge is -2.46. The van der Waals surface area contributed by atoms with Crippen LogP contribution in [0.25, 0.3) is 0 Å². The van der Waals surface area contributed by atoms with Gasteiger partial charge in [-0.2, -0.15) is 0 Å². The molecule has 0 saturated carbocycles. The molecular formula is C32H24Cl2F2N2O5. The molecule has 0 aliphatic carbocycles. The van der Waals surface area contributed by atoms with Crippen LogP contribution in [0.2, 0.25) is 10.0 Å². The average Bonchev–Trinajstić information content (AvgIpc) is 3.26. The summed E-state index contributed by atoms with van der Waals surface area (Å²) < 4.78 is 42.0. The molecule has 3 atom stereocenters. The lowest BCUT2D eigenvalue weighted by molar-refractivity contribution is -0.131. The van der Waals surface area contributed by atoms with E-state index < -0.39 is 40.8 Å². The largest absolute Gasteiger partial charge is 0.491 e. The van der Waals surface area contributed by atoms with Gasteiger partial charge in [-0.05, 0) is 83.9 Å². The van der Waals surface area contributed by atoms with E-state index in [1.54, 1.807) is 42.5 Å². The topological polar surface area (TPSA) is 96.9 Å². The number of carbonyl (C=O) groups excluding carboxylic acids is 2. The number of hydrogen-bond acceptors (Lipinski definition) is 5. The molecule has 43 heavy (non-hydrogen) atoms. The molecular weight excluding hydrogens is 601 g/mol. The number of aliphatic hydroxyl groups excluding tert-OH is 1. The fraction of sp³-hybridized carbons (Fsp3) is 0.188. The van der Waals surface area contributed by atoms with Gasteiger partial charge in [0.2, 0.25) is 11.8 Å². The van der Waals surface area contributed by atoms with Crippen molar-refractivity contribution in [3.63, 3.8) is 0 Å².